The number of fused-ring (bicyclic) bond motifs is 1. The molecule has 1 heterocycles. The topological polar surface area (TPSA) is 36.3 Å². The van der Waals surface area contributed by atoms with E-state index in [1.807, 2.05) is 42.5 Å². The second-order valence-electron chi connectivity index (χ2n) is 5.28. The zero-order valence-corrected chi connectivity index (χ0v) is 14.7. The summed E-state index contributed by atoms with van der Waals surface area (Å²) in [5, 5.41) is 0. The zero-order chi connectivity index (χ0) is 16.2. The lowest BCUT2D eigenvalue weighted by atomic mass is 10.1. The predicted molar refractivity (Wildman–Crippen MR) is 99.5 cm³/mol. The molecule has 3 rings (SSSR count). The summed E-state index contributed by atoms with van der Waals surface area (Å²) >= 11 is 0. The maximum Gasteiger partial charge on any atom is 0.161 e. The van der Waals surface area contributed by atoms with E-state index < -0.39 is 0 Å². The van der Waals surface area contributed by atoms with E-state index in [2.05, 4.69) is 17.2 Å². The third-order valence-electron chi connectivity index (χ3n) is 3.86. The Labute approximate surface area is 148 Å². The van der Waals surface area contributed by atoms with Gasteiger partial charge in [0, 0.05) is 13.0 Å². The number of nitrogens with zero attached hydrogens (tertiary/aromatic N) is 2. The van der Waals surface area contributed by atoms with E-state index in [1.54, 1.807) is 14.2 Å². The Morgan fingerprint density at radius 3 is 2.54 bits per heavy atom. The van der Waals surface area contributed by atoms with Crippen molar-refractivity contribution in [2.75, 3.05) is 14.2 Å². The lowest BCUT2D eigenvalue weighted by molar-refractivity contribution is 0.354. The minimum atomic E-state index is 0. The Kier molecular flexibility index (Phi) is 5.88. The van der Waals surface area contributed by atoms with Crippen LogP contribution in [0.2, 0.25) is 0 Å². The van der Waals surface area contributed by atoms with Crippen LogP contribution in [0, 0.1) is 0 Å². The molecule has 0 saturated heterocycles. The highest BCUT2D eigenvalue weighted by molar-refractivity contribution is 5.85. The Hall–Kier alpha value is -2.46. The molecule has 0 aliphatic heterocycles. The summed E-state index contributed by atoms with van der Waals surface area (Å²) in [5.41, 5.74) is 3.26. The summed E-state index contributed by atoms with van der Waals surface area (Å²) in [6.07, 6.45) is 2.62. The Bertz CT molecular complexity index is 842. The van der Waals surface area contributed by atoms with Crippen molar-refractivity contribution in [3.8, 4) is 11.5 Å². The fourth-order valence-electron chi connectivity index (χ4n) is 2.77. The minimum absolute atomic E-state index is 0. The van der Waals surface area contributed by atoms with E-state index in [0.29, 0.717) is 0 Å². The van der Waals surface area contributed by atoms with Gasteiger partial charge in [0.25, 0.3) is 0 Å². The minimum Gasteiger partial charge on any atom is -0.493 e. The van der Waals surface area contributed by atoms with E-state index in [9.17, 15) is 0 Å². The number of hydrogen-bond acceptors (Lipinski definition) is 3. The van der Waals surface area contributed by atoms with Gasteiger partial charge in [-0.2, -0.15) is 0 Å². The van der Waals surface area contributed by atoms with Gasteiger partial charge in [-0.05, 0) is 29.8 Å². The van der Waals surface area contributed by atoms with Crippen LogP contribution in [-0.2, 0) is 13.0 Å². The van der Waals surface area contributed by atoms with Gasteiger partial charge in [0.1, 0.15) is 5.82 Å². The third-order valence-corrected chi connectivity index (χ3v) is 3.86. The number of imidazole rings is 1. The van der Waals surface area contributed by atoms with Crippen molar-refractivity contribution in [2.24, 2.45) is 0 Å². The van der Waals surface area contributed by atoms with Crippen LogP contribution in [0.5, 0.6) is 11.5 Å². The molecule has 0 bridgehead atoms. The molecule has 3 aromatic rings. The summed E-state index contributed by atoms with van der Waals surface area (Å²) in [5.74, 6) is 2.48. The molecule has 4 nitrogen and oxygen atoms in total. The number of halogens is 1. The van der Waals surface area contributed by atoms with Gasteiger partial charge >= 0.3 is 0 Å². The van der Waals surface area contributed by atoms with Crippen LogP contribution in [0.3, 0.4) is 0 Å². The number of methoxy groups -OCH3 is 2. The highest BCUT2D eigenvalue weighted by Crippen LogP contribution is 2.29. The number of allylic oxidation sites excluding steroid dienone is 1. The van der Waals surface area contributed by atoms with Gasteiger partial charge in [-0.1, -0.05) is 24.3 Å². The fraction of sp³-hybridized carbons (Fsp3) is 0.211. The maximum absolute atomic E-state index is 5.38. The van der Waals surface area contributed by atoms with Gasteiger partial charge in [0.2, 0.25) is 0 Å². The lowest BCUT2D eigenvalue weighted by Gasteiger charge is -2.10. The van der Waals surface area contributed by atoms with E-state index in [-0.39, 0.29) is 12.4 Å². The molecular weight excluding hydrogens is 324 g/mol. The number of rotatable bonds is 6. The van der Waals surface area contributed by atoms with Crippen molar-refractivity contribution in [3.05, 3.63) is 66.5 Å². The van der Waals surface area contributed by atoms with E-state index in [1.165, 1.54) is 0 Å². The van der Waals surface area contributed by atoms with Gasteiger partial charge < -0.3 is 14.0 Å². The van der Waals surface area contributed by atoms with Crippen LogP contribution in [0.4, 0.5) is 0 Å². The first-order chi connectivity index (χ1) is 11.3. The lowest BCUT2D eigenvalue weighted by Crippen LogP contribution is -2.03. The molecule has 0 atom stereocenters. The molecule has 1 aromatic heterocycles. The van der Waals surface area contributed by atoms with Gasteiger partial charge in [-0.15, -0.1) is 19.0 Å². The maximum atomic E-state index is 5.38. The first-order valence-electron chi connectivity index (χ1n) is 7.52. The van der Waals surface area contributed by atoms with Crippen molar-refractivity contribution < 1.29 is 9.47 Å². The highest BCUT2D eigenvalue weighted by Gasteiger charge is 2.11. The smallest absolute Gasteiger partial charge is 0.161 e. The van der Waals surface area contributed by atoms with Gasteiger partial charge in [0.05, 0.1) is 25.3 Å². The van der Waals surface area contributed by atoms with E-state index in [4.69, 9.17) is 14.5 Å². The van der Waals surface area contributed by atoms with Gasteiger partial charge in [-0.25, -0.2) is 4.98 Å². The molecule has 0 unspecified atom stereocenters. The van der Waals surface area contributed by atoms with Crippen LogP contribution in [0.15, 0.2) is 55.1 Å². The summed E-state index contributed by atoms with van der Waals surface area (Å²) in [6.45, 7) is 4.59. The normalized spacial score (nSPS) is 10.2. The summed E-state index contributed by atoms with van der Waals surface area (Å²) in [6, 6.07) is 14.1. The standard InChI is InChI=1S/C19H20N2O2.ClH/c1-4-11-21-16-8-6-5-7-15(16)20-19(21)13-14-9-10-17(22-2)18(12-14)23-3;/h4-10,12H,1,11,13H2,2-3H3;1H. The number of para-hydroxylation sites is 2. The second kappa shape index (κ2) is 7.88. The van der Waals surface area contributed by atoms with Crippen LogP contribution in [0.1, 0.15) is 11.4 Å². The largest absolute Gasteiger partial charge is 0.493 e. The molecule has 24 heavy (non-hydrogen) atoms. The number of aromatic nitrogens is 2. The predicted octanol–water partition coefficient (Wildman–Crippen LogP) is 4.25. The van der Waals surface area contributed by atoms with Gasteiger partial charge in [0.15, 0.2) is 11.5 Å². The first kappa shape index (κ1) is 17.9. The van der Waals surface area contributed by atoms with Crippen molar-refractivity contribution in [3.63, 3.8) is 0 Å². The Balaban J connectivity index is 0.00000208. The number of hydrogen-bond donors (Lipinski definition) is 0. The van der Waals surface area contributed by atoms with Gasteiger partial charge in [-0.3, -0.25) is 0 Å². The molecule has 0 radical (unpaired) electrons. The monoisotopic (exact) mass is 344 g/mol. The van der Waals surface area contributed by atoms with Crippen LogP contribution in [-0.4, -0.2) is 23.8 Å². The molecule has 0 N–H and O–H groups in total. The van der Waals surface area contributed by atoms with Crippen LogP contribution in [0.25, 0.3) is 11.0 Å². The molecule has 0 spiro atoms. The highest BCUT2D eigenvalue weighted by atomic mass is 35.5. The Morgan fingerprint density at radius 2 is 1.83 bits per heavy atom. The quantitative estimate of drug-likeness (QED) is 0.627. The third kappa shape index (κ3) is 3.39. The summed E-state index contributed by atoms with van der Waals surface area (Å²) < 4.78 is 12.9. The number of benzene rings is 2. The fourth-order valence-corrected chi connectivity index (χ4v) is 2.77. The molecule has 0 amide bonds. The number of ether oxygens (including phenoxy) is 2. The molecular formula is C19H21ClN2O2. The van der Waals surface area contributed by atoms with Crippen LogP contribution < -0.4 is 9.47 Å². The summed E-state index contributed by atoms with van der Waals surface area (Å²) in [4.78, 5) is 4.77. The van der Waals surface area contributed by atoms with Crippen molar-refractivity contribution >= 4 is 23.4 Å². The molecule has 0 fully saturated rings. The molecule has 5 heteroatoms. The average molecular weight is 345 g/mol. The molecule has 0 aliphatic rings. The zero-order valence-electron chi connectivity index (χ0n) is 13.9. The average Bonchev–Trinajstić information content (AvgIpc) is 2.92. The first-order valence-corrected chi connectivity index (χ1v) is 7.52. The molecule has 126 valence electrons. The van der Waals surface area contributed by atoms with E-state index >= 15 is 0 Å². The van der Waals surface area contributed by atoms with E-state index in [0.717, 1.165) is 46.9 Å². The molecule has 0 aliphatic carbocycles. The Morgan fingerprint density at radius 1 is 1.08 bits per heavy atom. The second-order valence-corrected chi connectivity index (χ2v) is 5.28. The van der Waals surface area contributed by atoms with Crippen molar-refractivity contribution in [1.29, 1.82) is 0 Å². The van der Waals surface area contributed by atoms with Crippen molar-refractivity contribution in [1.82, 2.24) is 9.55 Å². The van der Waals surface area contributed by atoms with Crippen LogP contribution >= 0.6 is 12.4 Å². The molecule has 2 aromatic carbocycles. The van der Waals surface area contributed by atoms with Crippen molar-refractivity contribution in [2.45, 2.75) is 13.0 Å². The molecule has 0 saturated carbocycles. The SMILES string of the molecule is C=CCn1c(Cc2ccc(OC)c(OC)c2)nc2ccccc21.Cl. The summed E-state index contributed by atoms with van der Waals surface area (Å²) in [7, 11) is 3.29.